The van der Waals surface area contributed by atoms with E-state index in [1.165, 1.54) is 4.90 Å². The lowest BCUT2D eigenvalue weighted by molar-refractivity contribution is -0.155. The van der Waals surface area contributed by atoms with Crippen molar-refractivity contribution in [2.75, 3.05) is 7.05 Å². The molecule has 1 heterocycles. The molecule has 6 heteroatoms. The van der Waals surface area contributed by atoms with Crippen LogP contribution in [0.3, 0.4) is 0 Å². The Morgan fingerprint density at radius 1 is 1.47 bits per heavy atom. The minimum Gasteiger partial charge on any atom is -0.481 e. The van der Waals surface area contributed by atoms with Gasteiger partial charge in [-0.05, 0) is 38.4 Å². The maximum atomic E-state index is 12.3. The SMILES string of the molecule is CN(Cc1csc(Br)c1)C(=O)C(C(=O)O)C(C)(C)C. The largest absolute Gasteiger partial charge is 0.481 e. The van der Waals surface area contributed by atoms with Crippen LogP contribution in [0.2, 0.25) is 0 Å². The molecule has 0 aliphatic rings. The van der Waals surface area contributed by atoms with E-state index in [1.54, 1.807) is 39.2 Å². The number of hydrogen-bond acceptors (Lipinski definition) is 3. The van der Waals surface area contributed by atoms with E-state index in [0.29, 0.717) is 6.54 Å². The average molecular weight is 348 g/mol. The molecule has 0 bridgehead atoms. The van der Waals surface area contributed by atoms with Gasteiger partial charge in [-0.1, -0.05) is 20.8 Å². The van der Waals surface area contributed by atoms with Gasteiger partial charge in [0, 0.05) is 13.6 Å². The molecule has 0 aliphatic carbocycles. The molecular weight excluding hydrogens is 330 g/mol. The molecule has 1 N–H and O–H groups in total. The third kappa shape index (κ3) is 4.31. The van der Waals surface area contributed by atoms with E-state index in [-0.39, 0.29) is 5.91 Å². The second kappa shape index (κ2) is 6.05. The van der Waals surface area contributed by atoms with E-state index in [0.717, 1.165) is 9.35 Å². The number of thiophene rings is 1. The van der Waals surface area contributed by atoms with Crippen molar-refractivity contribution < 1.29 is 14.7 Å². The van der Waals surface area contributed by atoms with Gasteiger partial charge in [0.25, 0.3) is 0 Å². The van der Waals surface area contributed by atoms with E-state index < -0.39 is 17.3 Å². The molecule has 19 heavy (non-hydrogen) atoms. The molecule has 106 valence electrons. The third-order valence-electron chi connectivity index (χ3n) is 2.78. The fourth-order valence-corrected chi connectivity index (χ4v) is 3.05. The van der Waals surface area contributed by atoms with Crippen LogP contribution in [0.15, 0.2) is 15.2 Å². The van der Waals surface area contributed by atoms with Crippen LogP contribution in [0.25, 0.3) is 0 Å². The van der Waals surface area contributed by atoms with Gasteiger partial charge in [0.15, 0.2) is 0 Å². The van der Waals surface area contributed by atoms with Gasteiger partial charge in [-0.25, -0.2) is 0 Å². The van der Waals surface area contributed by atoms with Gasteiger partial charge in [0.2, 0.25) is 5.91 Å². The summed E-state index contributed by atoms with van der Waals surface area (Å²) in [5, 5.41) is 11.2. The van der Waals surface area contributed by atoms with Crippen molar-refractivity contribution in [2.24, 2.45) is 11.3 Å². The first-order chi connectivity index (χ1) is 8.62. The zero-order chi connectivity index (χ0) is 14.8. The lowest BCUT2D eigenvalue weighted by Crippen LogP contribution is -2.43. The molecule has 0 spiro atoms. The van der Waals surface area contributed by atoms with Crippen molar-refractivity contribution in [3.05, 3.63) is 20.8 Å². The Hall–Kier alpha value is -0.880. The molecule has 1 amide bonds. The average Bonchev–Trinajstić information content (AvgIpc) is 2.60. The number of carbonyl (C=O) groups is 2. The van der Waals surface area contributed by atoms with Gasteiger partial charge in [-0.3, -0.25) is 9.59 Å². The molecular formula is C13H18BrNO3S. The fourth-order valence-electron chi connectivity index (χ4n) is 1.85. The zero-order valence-electron chi connectivity index (χ0n) is 11.4. The second-order valence-electron chi connectivity index (χ2n) is 5.59. The summed E-state index contributed by atoms with van der Waals surface area (Å²) >= 11 is 4.90. The highest BCUT2D eigenvalue weighted by Crippen LogP contribution is 2.28. The molecule has 0 aromatic carbocycles. The first-order valence-corrected chi connectivity index (χ1v) is 7.51. The lowest BCUT2D eigenvalue weighted by Gasteiger charge is -2.29. The Morgan fingerprint density at radius 3 is 2.42 bits per heavy atom. The minimum absolute atomic E-state index is 0.359. The number of rotatable bonds is 4. The number of aliphatic carboxylic acids is 1. The summed E-state index contributed by atoms with van der Waals surface area (Å²) in [7, 11) is 1.63. The van der Waals surface area contributed by atoms with Crippen LogP contribution < -0.4 is 0 Å². The molecule has 0 saturated heterocycles. The highest BCUT2D eigenvalue weighted by atomic mass is 79.9. The van der Waals surface area contributed by atoms with Gasteiger partial charge in [0.1, 0.15) is 5.92 Å². The van der Waals surface area contributed by atoms with Crippen molar-refractivity contribution in [1.82, 2.24) is 4.90 Å². The molecule has 0 saturated carbocycles. The van der Waals surface area contributed by atoms with Gasteiger partial charge in [-0.2, -0.15) is 0 Å². The van der Waals surface area contributed by atoms with E-state index in [4.69, 9.17) is 0 Å². The Morgan fingerprint density at radius 2 is 2.05 bits per heavy atom. The van der Waals surface area contributed by atoms with Crippen LogP contribution in [-0.2, 0) is 16.1 Å². The first kappa shape index (κ1) is 16.2. The van der Waals surface area contributed by atoms with Crippen molar-refractivity contribution in [1.29, 1.82) is 0 Å². The zero-order valence-corrected chi connectivity index (χ0v) is 13.8. The number of carboxylic acid groups (broad SMARTS) is 1. The van der Waals surface area contributed by atoms with E-state index in [1.807, 2.05) is 11.4 Å². The molecule has 0 fully saturated rings. The van der Waals surface area contributed by atoms with Crippen LogP contribution >= 0.6 is 27.3 Å². The lowest BCUT2D eigenvalue weighted by atomic mass is 9.80. The molecule has 1 aromatic rings. The fraction of sp³-hybridized carbons (Fsp3) is 0.538. The molecule has 0 radical (unpaired) electrons. The molecule has 0 aliphatic heterocycles. The molecule has 4 nitrogen and oxygen atoms in total. The summed E-state index contributed by atoms with van der Waals surface area (Å²) in [5.74, 6) is -2.46. The molecule has 1 atom stereocenters. The second-order valence-corrected chi connectivity index (χ2v) is 7.88. The van der Waals surface area contributed by atoms with Crippen molar-refractivity contribution in [3.8, 4) is 0 Å². The Labute approximate surface area is 125 Å². The van der Waals surface area contributed by atoms with Gasteiger partial charge in [0.05, 0.1) is 3.79 Å². The number of carbonyl (C=O) groups excluding carboxylic acids is 1. The van der Waals surface area contributed by atoms with Gasteiger partial charge in [-0.15, -0.1) is 11.3 Å². The van der Waals surface area contributed by atoms with Crippen molar-refractivity contribution >= 4 is 39.1 Å². The normalized spacial score (nSPS) is 13.1. The summed E-state index contributed by atoms with van der Waals surface area (Å²) in [6.45, 7) is 5.71. The first-order valence-electron chi connectivity index (χ1n) is 5.83. The molecule has 1 rings (SSSR count). The van der Waals surface area contributed by atoms with Gasteiger partial charge >= 0.3 is 5.97 Å². The van der Waals surface area contributed by atoms with E-state index >= 15 is 0 Å². The predicted octanol–water partition coefficient (Wildman–Crippen LogP) is 3.22. The quantitative estimate of drug-likeness (QED) is 0.850. The number of nitrogens with zero attached hydrogens (tertiary/aromatic N) is 1. The Balaban J connectivity index is 2.83. The van der Waals surface area contributed by atoms with Crippen LogP contribution in [0.4, 0.5) is 0 Å². The smallest absolute Gasteiger partial charge is 0.316 e. The monoisotopic (exact) mass is 347 g/mol. The van der Waals surface area contributed by atoms with Crippen molar-refractivity contribution in [2.45, 2.75) is 27.3 Å². The maximum absolute atomic E-state index is 12.3. The predicted molar refractivity (Wildman–Crippen MR) is 79.1 cm³/mol. The summed E-state index contributed by atoms with van der Waals surface area (Å²) in [5.41, 5.74) is 0.387. The van der Waals surface area contributed by atoms with Crippen LogP contribution in [-0.4, -0.2) is 28.9 Å². The highest BCUT2D eigenvalue weighted by Gasteiger charge is 2.39. The minimum atomic E-state index is -1.07. The number of halogens is 1. The van der Waals surface area contributed by atoms with Crippen LogP contribution in [0.5, 0.6) is 0 Å². The van der Waals surface area contributed by atoms with Crippen molar-refractivity contribution in [3.63, 3.8) is 0 Å². The summed E-state index contributed by atoms with van der Waals surface area (Å²) in [4.78, 5) is 25.0. The summed E-state index contributed by atoms with van der Waals surface area (Å²) in [6.07, 6.45) is 0. The molecule has 1 aromatic heterocycles. The third-order valence-corrected chi connectivity index (χ3v) is 4.33. The summed E-state index contributed by atoms with van der Waals surface area (Å²) < 4.78 is 0.994. The molecule has 1 unspecified atom stereocenters. The number of carboxylic acids is 1. The van der Waals surface area contributed by atoms with E-state index in [2.05, 4.69) is 15.9 Å². The number of amides is 1. The Kier molecular flexibility index (Phi) is 5.15. The van der Waals surface area contributed by atoms with Crippen LogP contribution in [0, 0.1) is 11.3 Å². The Bertz CT molecular complexity index is 478. The maximum Gasteiger partial charge on any atom is 0.316 e. The van der Waals surface area contributed by atoms with Crippen LogP contribution in [0.1, 0.15) is 26.3 Å². The van der Waals surface area contributed by atoms with E-state index in [9.17, 15) is 14.7 Å². The number of hydrogen-bond donors (Lipinski definition) is 1. The topological polar surface area (TPSA) is 57.6 Å². The summed E-state index contributed by atoms with van der Waals surface area (Å²) in [6, 6.07) is 1.93. The standard InChI is InChI=1S/C13H18BrNO3S/c1-13(2,3)10(12(17)18)11(16)15(4)6-8-5-9(14)19-7-8/h5,7,10H,6H2,1-4H3,(H,17,18). The van der Waals surface area contributed by atoms with Gasteiger partial charge < -0.3 is 10.0 Å². The highest BCUT2D eigenvalue weighted by molar-refractivity contribution is 9.11.